The van der Waals surface area contributed by atoms with Crippen LogP contribution in [0.1, 0.15) is 60.8 Å². The maximum absolute atomic E-state index is 12.9. The van der Waals surface area contributed by atoms with E-state index in [1.54, 1.807) is 4.57 Å². The van der Waals surface area contributed by atoms with Gasteiger partial charge in [-0.3, -0.25) is 18.6 Å². The Balaban J connectivity index is 1.38. The quantitative estimate of drug-likeness (QED) is 0.455. The molecule has 2 N–H and O–H groups in total. The molecule has 1 aliphatic rings. The van der Waals surface area contributed by atoms with E-state index in [2.05, 4.69) is 20.8 Å². The highest BCUT2D eigenvalue weighted by Crippen LogP contribution is 2.21. The number of nitrogens with zero attached hydrogens (tertiary/aromatic N) is 4. The van der Waals surface area contributed by atoms with E-state index < -0.39 is 0 Å². The van der Waals surface area contributed by atoms with Crippen LogP contribution >= 0.6 is 0 Å². The van der Waals surface area contributed by atoms with Crippen LogP contribution in [-0.4, -0.2) is 31.1 Å². The van der Waals surface area contributed by atoms with Crippen LogP contribution in [0.3, 0.4) is 0 Å². The third kappa shape index (κ3) is 4.04. The molecule has 4 aromatic rings. The van der Waals surface area contributed by atoms with Gasteiger partial charge in [-0.05, 0) is 62.6 Å². The molecule has 0 unspecified atom stereocenters. The monoisotopic (exact) mass is 458 g/mol. The van der Waals surface area contributed by atoms with Gasteiger partial charge in [0.25, 0.3) is 11.5 Å². The molecule has 0 saturated heterocycles. The maximum atomic E-state index is 12.9. The van der Waals surface area contributed by atoms with E-state index in [9.17, 15) is 9.59 Å². The minimum Gasteiger partial charge on any atom is -0.378 e. The predicted molar refractivity (Wildman–Crippen MR) is 133 cm³/mol. The van der Waals surface area contributed by atoms with Crippen molar-refractivity contribution < 1.29 is 4.79 Å². The Kier molecular flexibility index (Phi) is 6.04. The van der Waals surface area contributed by atoms with Crippen molar-refractivity contribution in [3.8, 4) is 0 Å². The molecule has 0 radical (unpaired) electrons. The number of para-hydroxylation sites is 1. The molecule has 8 heteroatoms. The summed E-state index contributed by atoms with van der Waals surface area (Å²) in [5.74, 6) is 1.25. The summed E-state index contributed by atoms with van der Waals surface area (Å²) in [6.07, 6.45) is 5.77. The number of rotatable bonds is 6. The van der Waals surface area contributed by atoms with Crippen molar-refractivity contribution in [1.29, 1.82) is 0 Å². The summed E-state index contributed by atoms with van der Waals surface area (Å²) >= 11 is 0. The smallest absolute Gasteiger partial charge is 0.262 e. The molecule has 1 fully saturated rings. The lowest BCUT2D eigenvalue weighted by molar-refractivity contribution is 0.0927. The van der Waals surface area contributed by atoms with E-state index >= 15 is 0 Å². The van der Waals surface area contributed by atoms with Gasteiger partial charge in [0.1, 0.15) is 0 Å². The molecule has 2 aromatic carbocycles. The van der Waals surface area contributed by atoms with Gasteiger partial charge in [0.15, 0.2) is 5.82 Å². The molecule has 8 nitrogen and oxygen atoms in total. The second-order valence-electron chi connectivity index (χ2n) is 9.01. The van der Waals surface area contributed by atoms with Crippen LogP contribution in [0.5, 0.6) is 0 Å². The Morgan fingerprint density at radius 1 is 1.09 bits per heavy atom. The van der Waals surface area contributed by atoms with Crippen molar-refractivity contribution in [1.82, 2.24) is 24.5 Å². The average Bonchev–Trinajstić information content (AvgIpc) is 3.28. The molecule has 176 valence electrons. The minimum atomic E-state index is -0.0598. The van der Waals surface area contributed by atoms with E-state index in [1.807, 2.05) is 60.7 Å². The minimum absolute atomic E-state index is 0.00555. The molecule has 1 saturated carbocycles. The molecule has 1 aliphatic carbocycles. The highest BCUT2D eigenvalue weighted by atomic mass is 16.1. The number of carbonyl (C=O) groups excluding carboxylic acids is 1. The number of anilines is 1. The van der Waals surface area contributed by atoms with Gasteiger partial charge in [0.05, 0.1) is 17.4 Å². The predicted octanol–water partition coefficient (Wildman–Crippen LogP) is 4.05. The van der Waals surface area contributed by atoms with E-state index in [0.717, 1.165) is 29.6 Å². The molecule has 2 heterocycles. The summed E-state index contributed by atoms with van der Waals surface area (Å²) < 4.78 is 3.58. The fraction of sp³-hybridized carbons (Fsp3) is 0.385. The first kappa shape index (κ1) is 22.1. The van der Waals surface area contributed by atoms with Crippen LogP contribution < -0.4 is 16.2 Å². The first-order valence-electron chi connectivity index (χ1n) is 12.1. The number of carbonyl (C=O) groups is 1. The number of benzene rings is 2. The van der Waals surface area contributed by atoms with Gasteiger partial charge in [-0.2, -0.15) is 0 Å². The van der Waals surface area contributed by atoms with Crippen molar-refractivity contribution in [2.24, 2.45) is 0 Å². The zero-order valence-electron chi connectivity index (χ0n) is 19.7. The van der Waals surface area contributed by atoms with Crippen molar-refractivity contribution in [2.75, 3.05) is 5.32 Å². The standard InChI is InChI=1S/C26H30N6O2/c1-3-31-25(34)20-11-7-8-12-22(20)32-23(29-30-26(31)32)16-27-21-14-13-18(15-17(21)2)24(33)28-19-9-5-4-6-10-19/h7-8,11-15,19,27H,3-6,9-10,16H2,1-2H3,(H,28,33). The lowest BCUT2D eigenvalue weighted by atomic mass is 9.95. The third-order valence-electron chi connectivity index (χ3n) is 6.76. The number of aromatic nitrogens is 4. The lowest BCUT2D eigenvalue weighted by Gasteiger charge is -2.23. The van der Waals surface area contributed by atoms with Gasteiger partial charge in [-0.1, -0.05) is 31.4 Å². The van der Waals surface area contributed by atoms with Crippen molar-refractivity contribution in [3.05, 3.63) is 69.8 Å². The van der Waals surface area contributed by atoms with Crippen molar-refractivity contribution in [3.63, 3.8) is 0 Å². The molecule has 0 aliphatic heterocycles. The molecule has 1 amide bonds. The largest absolute Gasteiger partial charge is 0.378 e. The molecule has 0 bridgehead atoms. The second-order valence-corrected chi connectivity index (χ2v) is 9.01. The van der Waals surface area contributed by atoms with E-state index in [4.69, 9.17) is 0 Å². The average molecular weight is 459 g/mol. The van der Waals surface area contributed by atoms with Gasteiger partial charge in [-0.15, -0.1) is 10.2 Å². The van der Waals surface area contributed by atoms with Crippen molar-refractivity contribution in [2.45, 2.75) is 65.1 Å². The van der Waals surface area contributed by atoms with E-state index in [0.29, 0.717) is 35.6 Å². The summed E-state index contributed by atoms with van der Waals surface area (Å²) in [5.41, 5.74) is 3.33. The fourth-order valence-corrected chi connectivity index (χ4v) is 4.91. The number of nitrogens with one attached hydrogen (secondary N) is 2. The summed E-state index contributed by atoms with van der Waals surface area (Å²) in [7, 11) is 0. The molecular weight excluding hydrogens is 428 g/mol. The topological polar surface area (TPSA) is 93.3 Å². The Labute approximate surface area is 198 Å². The van der Waals surface area contributed by atoms with Gasteiger partial charge in [0.2, 0.25) is 5.78 Å². The molecule has 0 spiro atoms. The summed E-state index contributed by atoms with van der Waals surface area (Å²) in [4.78, 5) is 25.6. The SMILES string of the molecule is CCn1c(=O)c2ccccc2n2c(CNc3ccc(C(=O)NC4CCCCC4)cc3C)nnc12. The Morgan fingerprint density at radius 3 is 2.65 bits per heavy atom. The summed E-state index contributed by atoms with van der Waals surface area (Å²) in [5, 5.41) is 15.9. The summed E-state index contributed by atoms with van der Waals surface area (Å²) in [6, 6.07) is 13.5. The molecular formula is C26H30N6O2. The fourth-order valence-electron chi connectivity index (χ4n) is 4.91. The van der Waals surface area contributed by atoms with Gasteiger partial charge < -0.3 is 10.6 Å². The third-order valence-corrected chi connectivity index (χ3v) is 6.76. The summed E-state index contributed by atoms with van der Waals surface area (Å²) in [6.45, 7) is 4.87. The van der Waals surface area contributed by atoms with E-state index in [-0.39, 0.29) is 17.5 Å². The Morgan fingerprint density at radius 2 is 1.88 bits per heavy atom. The molecule has 2 aromatic heterocycles. The van der Waals surface area contributed by atoms with E-state index in [1.165, 1.54) is 19.3 Å². The normalized spacial score (nSPS) is 14.5. The van der Waals surface area contributed by atoms with Gasteiger partial charge in [0, 0.05) is 23.8 Å². The number of hydrogen-bond acceptors (Lipinski definition) is 5. The molecule has 5 rings (SSSR count). The Bertz CT molecular complexity index is 1410. The number of aryl methyl sites for hydroxylation is 2. The van der Waals surface area contributed by atoms with Crippen LogP contribution in [0, 0.1) is 6.92 Å². The first-order valence-corrected chi connectivity index (χ1v) is 12.1. The molecule has 34 heavy (non-hydrogen) atoms. The number of amides is 1. The van der Waals surface area contributed by atoms with Crippen LogP contribution in [0.2, 0.25) is 0 Å². The first-order chi connectivity index (χ1) is 16.6. The number of hydrogen-bond donors (Lipinski definition) is 2. The highest BCUT2D eigenvalue weighted by molar-refractivity contribution is 5.95. The maximum Gasteiger partial charge on any atom is 0.262 e. The Hall–Kier alpha value is -3.68. The zero-order chi connectivity index (χ0) is 23.7. The highest BCUT2D eigenvalue weighted by Gasteiger charge is 2.18. The van der Waals surface area contributed by atoms with Crippen LogP contribution in [0.25, 0.3) is 16.7 Å². The van der Waals surface area contributed by atoms with Crippen LogP contribution in [-0.2, 0) is 13.1 Å². The zero-order valence-corrected chi connectivity index (χ0v) is 19.7. The molecule has 0 atom stereocenters. The van der Waals surface area contributed by atoms with Crippen LogP contribution in [0.4, 0.5) is 5.69 Å². The van der Waals surface area contributed by atoms with Crippen molar-refractivity contribution >= 4 is 28.3 Å². The van der Waals surface area contributed by atoms with Gasteiger partial charge >= 0.3 is 0 Å². The lowest BCUT2D eigenvalue weighted by Crippen LogP contribution is -2.36. The van der Waals surface area contributed by atoms with Gasteiger partial charge in [-0.25, -0.2) is 0 Å². The number of fused-ring (bicyclic) bond motifs is 3. The van der Waals surface area contributed by atoms with Crippen LogP contribution in [0.15, 0.2) is 47.3 Å². The second kappa shape index (κ2) is 9.29.